The zero-order valence-corrected chi connectivity index (χ0v) is 14.0. The van der Waals surface area contributed by atoms with Gasteiger partial charge in [0.05, 0.1) is 31.0 Å². The maximum absolute atomic E-state index is 15.0. The smallest absolute Gasteiger partial charge is 0.393 e. The number of ether oxygens (including phenoxy) is 1. The molecule has 9 heteroatoms. The summed E-state index contributed by atoms with van der Waals surface area (Å²) in [6.45, 7) is 3.93. The lowest BCUT2D eigenvalue weighted by Crippen LogP contribution is -2.41. The molecule has 1 aliphatic carbocycles. The van der Waals surface area contributed by atoms with Gasteiger partial charge in [0.15, 0.2) is 0 Å². The van der Waals surface area contributed by atoms with Gasteiger partial charge in [0.1, 0.15) is 0 Å². The van der Waals surface area contributed by atoms with E-state index in [1.807, 2.05) is 0 Å². The zero-order valence-electron chi connectivity index (χ0n) is 13.1. The van der Waals surface area contributed by atoms with E-state index in [9.17, 15) is 22.9 Å². The molecular weight excluding hydrogens is 333 g/mol. The first-order chi connectivity index (χ1) is 10.7. The molecule has 0 aromatic carbocycles. The molecule has 1 saturated heterocycles. The summed E-state index contributed by atoms with van der Waals surface area (Å²) in [7, 11) is -4.81. The Labute approximate surface area is 132 Å². The van der Waals surface area contributed by atoms with Crippen molar-refractivity contribution in [2.45, 2.75) is 32.9 Å². The summed E-state index contributed by atoms with van der Waals surface area (Å²) in [5.41, 5.74) is -3.45. The summed E-state index contributed by atoms with van der Waals surface area (Å²) >= 11 is 0. The third-order valence-electron chi connectivity index (χ3n) is 3.97. The molecule has 0 saturated carbocycles. The number of cyclic esters (lactones) is 2. The third-order valence-corrected chi connectivity index (χ3v) is 6.19. The molecule has 1 aliphatic heterocycles. The van der Waals surface area contributed by atoms with Crippen molar-refractivity contribution < 1.29 is 36.7 Å². The molecule has 3 atom stereocenters. The van der Waals surface area contributed by atoms with Crippen LogP contribution in [-0.4, -0.2) is 30.8 Å². The van der Waals surface area contributed by atoms with Crippen LogP contribution < -0.4 is 0 Å². The number of hydrogen-bond donors (Lipinski definition) is 0. The van der Waals surface area contributed by atoms with Crippen LogP contribution in [0.25, 0.3) is 0 Å². The van der Waals surface area contributed by atoms with Gasteiger partial charge in [0, 0.05) is 0 Å². The normalized spacial score (nSPS) is 28.4. The van der Waals surface area contributed by atoms with Gasteiger partial charge in [0.25, 0.3) is 0 Å². The van der Waals surface area contributed by atoms with E-state index < -0.39 is 43.0 Å². The first-order valence-corrected chi connectivity index (χ1v) is 8.92. The van der Waals surface area contributed by atoms with Gasteiger partial charge in [-0.15, -0.1) is 0 Å². The van der Waals surface area contributed by atoms with Crippen LogP contribution in [0.2, 0.25) is 0 Å². The van der Waals surface area contributed by atoms with Crippen LogP contribution in [0.4, 0.5) is 8.78 Å². The molecular formula is C14H19F2O6P. The molecule has 0 bridgehead atoms. The Morgan fingerprint density at radius 3 is 2.35 bits per heavy atom. The Bertz CT molecular complexity index is 578. The van der Waals surface area contributed by atoms with Gasteiger partial charge >= 0.3 is 25.2 Å². The fraction of sp³-hybridized carbons (Fsp3) is 0.714. The summed E-state index contributed by atoms with van der Waals surface area (Å²) < 4.78 is 56.5. The minimum absolute atomic E-state index is 0.162. The second-order valence-electron chi connectivity index (χ2n) is 5.54. The standard InChI is InChI=1S/C14H19F2O6P/c1-4-20-23(19,21-5-2)14(15,16)10-7-8(3)6-9-11(10)13(18)22-12(9)17/h7,9-11H,4-6H2,1-3H3/t9-,10+,11-/m1/s1. The van der Waals surface area contributed by atoms with Gasteiger partial charge in [-0.3, -0.25) is 14.2 Å². The van der Waals surface area contributed by atoms with Crippen molar-refractivity contribution in [3.05, 3.63) is 11.6 Å². The lowest BCUT2D eigenvalue weighted by Gasteiger charge is -2.36. The predicted octanol–water partition coefficient (Wildman–Crippen LogP) is 3.13. The van der Waals surface area contributed by atoms with E-state index in [0.29, 0.717) is 5.57 Å². The van der Waals surface area contributed by atoms with Gasteiger partial charge in [-0.25, -0.2) is 0 Å². The SMILES string of the molecule is CCOP(=O)(OCC)C(F)(F)[C@H]1C=C(C)C[C@H]2C(=O)OC(=O)[C@H]21. The molecule has 23 heavy (non-hydrogen) atoms. The van der Waals surface area contributed by atoms with Crippen LogP contribution in [0.3, 0.4) is 0 Å². The van der Waals surface area contributed by atoms with Crippen molar-refractivity contribution in [1.29, 1.82) is 0 Å². The van der Waals surface area contributed by atoms with E-state index >= 15 is 0 Å². The van der Waals surface area contributed by atoms with Crippen LogP contribution in [0.1, 0.15) is 27.2 Å². The first-order valence-electron chi connectivity index (χ1n) is 7.37. The van der Waals surface area contributed by atoms with Crippen molar-refractivity contribution in [2.24, 2.45) is 17.8 Å². The largest absolute Gasteiger partial charge is 0.400 e. The Balaban J connectivity index is 2.47. The monoisotopic (exact) mass is 352 g/mol. The quantitative estimate of drug-likeness (QED) is 0.316. The van der Waals surface area contributed by atoms with Gasteiger partial charge in [0.2, 0.25) is 0 Å². The Morgan fingerprint density at radius 2 is 1.83 bits per heavy atom. The van der Waals surface area contributed by atoms with Crippen LogP contribution in [0, 0.1) is 17.8 Å². The molecule has 1 fully saturated rings. The predicted molar refractivity (Wildman–Crippen MR) is 75.7 cm³/mol. The number of halogens is 2. The van der Waals surface area contributed by atoms with E-state index in [2.05, 4.69) is 4.74 Å². The van der Waals surface area contributed by atoms with Crippen molar-refractivity contribution in [1.82, 2.24) is 0 Å². The molecule has 0 aromatic rings. The second-order valence-corrected chi connectivity index (χ2v) is 7.64. The number of alkyl halides is 2. The number of esters is 2. The second kappa shape index (κ2) is 6.42. The third kappa shape index (κ3) is 2.99. The number of rotatable bonds is 6. The Kier molecular flexibility index (Phi) is 5.09. The Hall–Kier alpha value is -1.11. The first kappa shape index (κ1) is 18.2. The molecule has 0 N–H and O–H groups in total. The summed E-state index contributed by atoms with van der Waals surface area (Å²) in [5, 5.41) is 0. The molecule has 1 heterocycles. The van der Waals surface area contributed by atoms with E-state index in [1.165, 1.54) is 19.9 Å². The van der Waals surface area contributed by atoms with Crippen molar-refractivity contribution in [2.75, 3.05) is 13.2 Å². The highest BCUT2D eigenvalue weighted by Crippen LogP contribution is 2.67. The highest BCUT2D eigenvalue weighted by molar-refractivity contribution is 7.55. The number of hydrogen-bond acceptors (Lipinski definition) is 6. The number of carbonyl (C=O) groups is 2. The van der Waals surface area contributed by atoms with Crippen LogP contribution >= 0.6 is 7.60 Å². The lowest BCUT2D eigenvalue weighted by atomic mass is 9.74. The molecule has 0 unspecified atom stereocenters. The van der Waals surface area contributed by atoms with Crippen molar-refractivity contribution >= 4 is 19.5 Å². The average molecular weight is 352 g/mol. The topological polar surface area (TPSA) is 78.9 Å². The molecule has 6 nitrogen and oxygen atoms in total. The molecule has 0 spiro atoms. The number of carbonyl (C=O) groups excluding carboxylic acids is 2. The van der Waals surface area contributed by atoms with E-state index in [0.717, 1.165) is 0 Å². The van der Waals surface area contributed by atoms with Gasteiger partial charge in [-0.2, -0.15) is 8.78 Å². The summed E-state index contributed by atoms with van der Waals surface area (Å²) in [6.07, 6.45) is 1.33. The highest BCUT2D eigenvalue weighted by Gasteiger charge is 2.65. The molecule has 2 aliphatic rings. The van der Waals surface area contributed by atoms with Gasteiger partial charge in [-0.1, -0.05) is 11.6 Å². The minimum atomic E-state index is -4.81. The molecule has 130 valence electrons. The average Bonchev–Trinajstić information content (AvgIpc) is 2.73. The maximum Gasteiger partial charge on any atom is 0.400 e. The molecule has 0 amide bonds. The summed E-state index contributed by atoms with van der Waals surface area (Å²) in [4.78, 5) is 23.5. The van der Waals surface area contributed by atoms with Gasteiger partial charge in [-0.05, 0) is 27.2 Å². The van der Waals surface area contributed by atoms with Gasteiger partial charge < -0.3 is 13.8 Å². The van der Waals surface area contributed by atoms with Crippen LogP contribution in [0.5, 0.6) is 0 Å². The van der Waals surface area contributed by atoms with Crippen molar-refractivity contribution in [3.63, 3.8) is 0 Å². The minimum Gasteiger partial charge on any atom is -0.393 e. The number of allylic oxidation sites excluding steroid dienone is 2. The van der Waals surface area contributed by atoms with E-state index in [4.69, 9.17) is 9.05 Å². The molecule has 0 aromatic heterocycles. The summed E-state index contributed by atoms with van der Waals surface area (Å²) in [5.74, 6) is -5.98. The van der Waals surface area contributed by atoms with Crippen LogP contribution in [-0.2, 0) is 27.9 Å². The maximum atomic E-state index is 15.0. The zero-order chi connectivity index (χ0) is 17.4. The van der Waals surface area contributed by atoms with Crippen molar-refractivity contribution in [3.8, 4) is 0 Å². The highest BCUT2D eigenvalue weighted by atomic mass is 31.2. The number of fused-ring (bicyclic) bond motifs is 1. The summed E-state index contributed by atoms with van der Waals surface area (Å²) in [6, 6.07) is 0. The lowest BCUT2D eigenvalue weighted by molar-refractivity contribution is -0.154. The fourth-order valence-electron chi connectivity index (χ4n) is 3.03. The molecule has 0 radical (unpaired) electrons. The van der Waals surface area contributed by atoms with Crippen LogP contribution in [0.15, 0.2) is 11.6 Å². The van der Waals surface area contributed by atoms with E-state index in [-0.39, 0.29) is 19.6 Å². The fourth-order valence-corrected chi connectivity index (χ4v) is 4.73. The molecule has 2 rings (SSSR count). The Morgan fingerprint density at radius 1 is 1.26 bits per heavy atom. The van der Waals surface area contributed by atoms with E-state index in [1.54, 1.807) is 6.92 Å².